The highest BCUT2D eigenvalue weighted by atomic mass is 32.2. The lowest BCUT2D eigenvalue weighted by atomic mass is 10.3. The molecular weight excluding hydrogens is 182 g/mol. The summed E-state index contributed by atoms with van der Waals surface area (Å²) in [5.41, 5.74) is 1.09. The van der Waals surface area contributed by atoms with Gasteiger partial charge in [0.25, 0.3) is 0 Å². The highest BCUT2D eigenvalue weighted by Crippen LogP contribution is 2.24. The van der Waals surface area contributed by atoms with Crippen molar-refractivity contribution in [3.63, 3.8) is 0 Å². The third-order valence-corrected chi connectivity index (χ3v) is 2.49. The van der Waals surface area contributed by atoms with Gasteiger partial charge >= 0.3 is 0 Å². The molecule has 0 aliphatic rings. The van der Waals surface area contributed by atoms with Crippen LogP contribution in [0.15, 0.2) is 29.2 Å². The number of hydrogen-bond acceptors (Lipinski definition) is 3. The number of rotatable bonds is 4. The molecule has 1 aromatic rings. The molecule has 3 heteroatoms. The van der Waals surface area contributed by atoms with E-state index >= 15 is 0 Å². The zero-order chi connectivity index (χ0) is 9.68. The first-order valence-corrected chi connectivity index (χ1v) is 5.51. The van der Waals surface area contributed by atoms with Gasteiger partial charge in [0.15, 0.2) is 0 Å². The van der Waals surface area contributed by atoms with Crippen molar-refractivity contribution in [1.29, 1.82) is 0 Å². The fraction of sp³-hybridized carbons (Fsp3) is 0.400. The molecular formula is C10H15NOS. The molecule has 0 radical (unpaired) electrons. The van der Waals surface area contributed by atoms with Crippen LogP contribution in [0.25, 0.3) is 0 Å². The van der Waals surface area contributed by atoms with Crippen LogP contribution in [0.5, 0.6) is 0 Å². The van der Waals surface area contributed by atoms with E-state index in [1.807, 2.05) is 24.5 Å². The minimum Gasteiger partial charge on any atom is -0.392 e. The Morgan fingerprint density at radius 3 is 2.77 bits per heavy atom. The second-order valence-electron chi connectivity index (χ2n) is 2.93. The summed E-state index contributed by atoms with van der Waals surface area (Å²) < 4.78 is 0. The predicted octanol–water partition coefficient (Wildman–Crippen LogP) is 2.20. The molecule has 0 saturated heterocycles. The Labute approximate surface area is 83.4 Å². The van der Waals surface area contributed by atoms with Gasteiger partial charge in [-0.1, -0.05) is 12.1 Å². The Bertz CT molecular complexity index is 263. The van der Waals surface area contributed by atoms with Crippen LogP contribution in [0.1, 0.15) is 6.92 Å². The third kappa shape index (κ3) is 3.28. The van der Waals surface area contributed by atoms with Gasteiger partial charge in [0.2, 0.25) is 0 Å². The highest BCUT2D eigenvalue weighted by molar-refractivity contribution is 7.98. The average molecular weight is 197 g/mol. The SMILES string of the molecule is CSc1ccccc1NCC(C)O. The van der Waals surface area contributed by atoms with Crippen molar-refractivity contribution >= 4 is 17.4 Å². The molecule has 1 atom stereocenters. The zero-order valence-corrected chi connectivity index (χ0v) is 8.77. The van der Waals surface area contributed by atoms with Crippen LogP contribution in [0.4, 0.5) is 5.69 Å². The Hall–Kier alpha value is -0.670. The molecule has 72 valence electrons. The summed E-state index contributed by atoms with van der Waals surface area (Å²) in [6.45, 7) is 2.37. The first kappa shape index (κ1) is 10.4. The summed E-state index contributed by atoms with van der Waals surface area (Å²) in [6, 6.07) is 8.09. The lowest BCUT2D eigenvalue weighted by molar-refractivity contribution is 0.208. The van der Waals surface area contributed by atoms with E-state index in [9.17, 15) is 0 Å². The normalized spacial score (nSPS) is 12.5. The molecule has 0 amide bonds. The van der Waals surface area contributed by atoms with Crippen molar-refractivity contribution in [3.8, 4) is 0 Å². The molecule has 1 unspecified atom stereocenters. The number of aliphatic hydroxyl groups excluding tert-OH is 1. The summed E-state index contributed by atoms with van der Waals surface area (Å²) in [5.74, 6) is 0. The van der Waals surface area contributed by atoms with Crippen molar-refractivity contribution in [1.82, 2.24) is 0 Å². The third-order valence-electron chi connectivity index (χ3n) is 1.69. The Kier molecular flexibility index (Phi) is 4.12. The number of aliphatic hydroxyl groups is 1. The maximum Gasteiger partial charge on any atom is 0.0684 e. The molecule has 13 heavy (non-hydrogen) atoms. The molecule has 2 N–H and O–H groups in total. The minimum absolute atomic E-state index is 0.310. The number of anilines is 1. The van der Waals surface area contributed by atoms with Crippen LogP contribution in [0.3, 0.4) is 0 Å². The Morgan fingerprint density at radius 1 is 1.46 bits per heavy atom. The molecule has 0 spiro atoms. The quantitative estimate of drug-likeness (QED) is 0.726. The monoisotopic (exact) mass is 197 g/mol. The van der Waals surface area contributed by atoms with Gasteiger partial charge in [-0.3, -0.25) is 0 Å². The lowest BCUT2D eigenvalue weighted by Crippen LogP contribution is -2.15. The van der Waals surface area contributed by atoms with Gasteiger partial charge in [-0.05, 0) is 25.3 Å². The van der Waals surface area contributed by atoms with E-state index < -0.39 is 0 Å². The molecule has 2 nitrogen and oxygen atoms in total. The van der Waals surface area contributed by atoms with Gasteiger partial charge in [0.05, 0.1) is 6.10 Å². The number of benzene rings is 1. The second-order valence-corrected chi connectivity index (χ2v) is 3.78. The molecule has 0 saturated carbocycles. The fourth-order valence-corrected chi connectivity index (χ4v) is 1.62. The van der Waals surface area contributed by atoms with E-state index in [-0.39, 0.29) is 6.10 Å². The largest absolute Gasteiger partial charge is 0.392 e. The Morgan fingerprint density at radius 2 is 2.15 bits per heavy atom. The molecule has 0 aromatic heterocycles. The van der Waals surface area contributed by atoms with Crippen LogP contribution in [0, 0.1) is 0 Å². The van der Waals surface area contributed by atoms with Crippen molar-refractivity contribution in [2.45, 2.75) is 17.9 Å². The van der Waals surface area contributed by atoms with E-state index in [0.717, 1.165) is 5.69 Å². The second kappa shape index (κ2) is 5.14. The maximum absolute atomic E-state index is 9.11. The lowest BCUT2D eigenvalue weighted by Gasteiger charge is -2.11. The van der Waals surface area contributed by atoms with Crippen LogP contribution >= 0.6 is 11.8 Å². The fourth-order valence-electron chi connectivity index (χ4n) is 1.05. The number of para-hydroxylation sites is 1. The molecule has 1 aromatic carbocycles. The first-order chi connectivity index (χ1) is 6.24. The van der Waals surface area contributed by atoms with Crippen molar-refractivity contribution in [2.24, 2.45) is 0 Å². The van der Waals surface area contributed by atoms with Crippen LogP contribution < -0.4 is 5.32 Å². The van der Waals surface area contributed by atoms with Gasteiger partial charge in [0, 0.05) is 17.1 Å². The predicted molar refractivity (Wildman–Crippen MR) is 58.4 cm³/mol. The minimum atomic E-state index is -0.310. The summed E-state index contributed by atoms with van der Waals surface area (Å²) in [6.07, 6.45) is 1.73. The van der Waals surface area contributed by atoms with Gasteiger partial charge in [0.1, 0.15) is 0 Å². The first-order valence-electron chi connectivity index (χ1n) is 4.29. The van der Waals surface area contributed by atoms with Gasteiger partial charge in [-0.15, -0.1) is 11.8 Å². The standard InChI is InChI=1S/C10H15NOS/c1-8(12)7-11-9-5-3-4-6-10(9)13-2/h3-6,8,11-12H,7H2,1-2H3. The molecule has 0 aliphatic carbocycles. The summed E-state index contributed by atoms with van der Waals surface area (Å²) >= 11 is 1.70. The maximum atomic E-state index is 9.11. The van der Waals surface area contributed by atoms with E-state index in [1.54, 1.807) is 18.7 Å². The van der Waals surface area contributed by atoms with Crippen molar-refractivity contribution < 1.29 is 5.11 Å². The van der Waals surface area contributed by atoms with Gasteiger partial charge in [-0.25, -0.2) is 0 Å². The Balaban J connectivity index is 2.64. The highest BCUT2D eigenvalue weighted by Gasteiger charge is 2.00. The summed E-state index contributed by atoms with van der Waals surface area (Å²) in [5, 5.41) is 12.3. The van der Waals surface area contributed by atoms with Crippen molar-refractivity contribution in [2.75, 3.05) is 18.1 Å². The van der Waals surface area contributed by atoms with E-state index in [0.29, 0.717) is 6.54 Å². The summed E-state index contributed by atoms with van der Waals surface area (Å²) in [4.78, 5) is 1.21. The summed E-state index contributed by atoms with van der Waals surface area (Å²) in [7, 11) is 0. The molecule has 0 heterocycles. The van der Waals surface area contributed by atoms with Gasteiger partial charge < -0.3 is 10.4 Å². The van der Waals surface area contributed by atoms with Crippen LogP contribution in [0.2, 0.25) is 0 Å². The number of thioether (sulfide) groups is 1. The molecule has 0 bridgehead atoms. The molecule has 1 rings (SSSR count). The number of hydrogen-bond donors (Lipinski definition) is 2. The molecule has 0 aliphatic heterocycles. The smallest absolute Gasteiger partial charge is 0.0684 e. The van der Waals surface area contributed by atoms with E-state index in [4.69, 9.17) is 5.11 Å². The van der Waals surface area contributed by atoms with E-state index in [2.05, 4.69) is 11.4 Å². The van der Waals surface area contributed by atoms with Gasteiger partial charge in [-0.2, -0.15) is 0 Å². The average Bonchev–Trinajstić information content (AvgIpc) is 2.15. The topological polar surface area (TPSA) is 32.3 Å². The van der Waals surface area contributed by atoms with Crippen LogP contribution in [-0.2, 0) is 0 Å². The van der Waals surface area contributed by atoms with E-state index in [1.165, 1.54) is 4.90 Å². The van der Waals surface area contributed by atoms with Crippen LogP contribution in [-0.4, -0.2) is 24.0 Å². The molecule has 0 fully saturated rings. The van der Waals surface area contributed by atoms with Crippen molar-refractivity contribution in [3.05, 3.63) is 24.3 Å². The zero-order valence-electron chi connectivity index (χ0n) is 7.95. The number of nitrogens with one attached hydrogen (secondary N) is 1.